The molecule has 1 aromatic carbocycles. The van der Waals surface area contributed by atoms with Crippen LogP contribution in [0.25, 0.3) is 0 Å². The van der Waals surface area contributed by atoms with Crippen LogP contribution in [0.1, 0.15) is 12.5 Å². The van der Waals surface area contributed by atoms with E-state index in [1.165, 1.54) is 31.0 Å². The summed E-state index contributed by atoms with van der Waals surface area (Å²) in [5.41, 5.74) is 0.761. The molecule has 1 atom stereocenters. The fraction of sp³-hybridized carbons (Fsp3) is 0.333. The molecule has 0 spiro atoms. The van der Waals surface area contributed by atoms with Crippen molar-refractivity contribution in [1.82, 2.24) is 10.2 Å². The molecule has 2 amide bonds. The number of aliphatic carboxylic acids is 1. The molecule has 0 aliphatic rings. The molecule has 0 aromatic heterocycles. The zero-order valence-corrected chi connectivity index (χ0v) is 10.2. The number of hydrogen-bond donors (Lipinski definition) is 2. The van der Waals surface area contributed by atoms with Gasteiger partial charge in [-0.3, -0.25) is 4.79 Å². The maximum atomic E-state index is 12.7. The van der Waals surface area contributed by atoms with Crippen LogP contribution in [-0.4, -0.2) is 35.1 Å². The maximum absolute atomic E-state index is 12.7. The number of carbonyl (C=O) groups is 2. The van der Waals surface area contributed by atoms with E-state index in [1.54, 1.807) is 12.1 Å². The first-order chi connectivity index (χ1) is 8.40. The molecule has 0 heterocycles. The summed E-state index contributed by atoms with van der Waals surface area (Å²) in [4.78, 5) is 23.5. The summed E-state index contributed by atoms with van der Waals surface area (Å²) in [6, 6.07) is 4.31. The fourth-order valence-electron chi connectivity index (χ4n) is 1.29. The van der Waals surface area contributed by atoms with E-state index in [4.69, 9.17) is 5.11 Å². The van der Waals surface area contributed by atoms with Gasteiger partial charge in [0.2, 0.25) is 0 Å². The minimum Gasteiger partial charge on any atom is -0.480 e. The Hall–Kier alpha value is -2.11. The third-order valence-corrected chi connectivity index (χ3v) is 2.39. The van der Waals surface area contributed by atoms with E-state index in [0.717, 1.165) is 5.56 Å². The molecule has 6 heteroatoms. The Morgan fingerprint density at radius 3 is 2.44 bits per heavy atom. The van der Waals surface area contributed by atoms with Crippen LogP contribution in [0.15, 0.2) is 24.3 Å². The predicted molar refractivity (Wildman–Crippen MR) is 63.5 cm³/mol. The summed E-state index contributed by atoms with van der Waals surface area (Å²) in [6.45, 7) is 1.66. The second-order valence-electron chi connectivity index (χ2n) is 3.99. The van der Waals surface area contributed by atoms with Crippen LogP contribution in [0.3, 0.4) is 0 Å². The quantitative estimate of drug-likeness (QED) is 0.854. The normalized spacial score (nSPS) is 11.7. The molecule has 1 unspecified atom stereocenters. The van der Waals surface area contributed by atoms with Crippen molar-refractivity contribution in [3.63, 3.8) is 0 Å². The molecule has 0 saturated heterocycles. The van der Waals surface area contributed by atoms with Gasteiger partial charge < -0.3 is 15.3 Å². The predicted octanol–water partition coefficient (Wildman–Crippen LogP) is 1.44. The van der Waals surface area contributed by atoms with E-state index in [0.29, 0.717) is 0 Å². The SMILES string of the molecule is CC(NC(=O)N(C)Cc1ccc(F)cc1)C(=O)O. The zero-order valence-electron chi connectivity index (χ0n) is 10.2. The smallest absolute Gasteiger partial charge is 0.325 e. The van der Waals surface area contributed by atoms with Crippen LogP contribution in [0.5, 0.6) is 0 Å². The molecule has 0 bridgehead atoms. The lowest BCUT2D eigenvalue weighted by Crippen LogP contribution is -2.44. The number of rotatable bonds is 4. The second-order valence-corrected chi connectivity index (χ2v) is 3.99. The van der Waals surface area contributed by atoms with Crippen LogP contribution in [0, 0.1) is 5.82 Å². The number of nitrogens with zero attached hydrogens (tertiary/aromatic N) is 1. The lowest BCUT2D eigenvalue weighted by atomic mass is 10.2. The van der Waals surface area contributed by atoms with Gasteiger partial charge in [0.05, 0.1) is 0 Å². The number of carbonyl (C=O) groups excluding carboxylic acids is 1. The molecule has 0 fully saturated rings. The standard InChI is InChI=1S/C12H15FN2O3/c1-8(11(16)17)14-12(18)15(2)7-9-3-5-10(13)6-4-9/h3-6,8H,7H2,1-2H3,(H,14,18)(H,16,17). The van der Waals surface area contributed by atoms with Gasteiger partial charge in [0.15, 0.2) is 0 Å². The maximum Gasteiger partial charge on any atom is 0.325 e. The highest BCUT2D eigenvalue weighted by Gasteiger charge is 2.16. The minimum absolute atomic E-state index is 0.276. The number of nitrogens with one attached hydrogen (secondary N) is 1. The first kappa shape index (κ1) is 14.0. The molecule has 0 aliphatic heterocycles. The van der Waals surface area contributed by atoms with Gasteiger partial charge in [0.25, 0.3) is 0 Å². The minimum atomic E-state index is -1.10. The van der Waals surface area contributed by atoms with Gasteiger partial charge in [-0.2, -0.15) is 0 Å². The lowest BCUT2D eigenvalue weighted by molar-refractivity contribution is -0.138. The molecule has 5 nitrogen and oxygen atoms in total. The van der Waals surface area contributed by atoms with E-state index in [2.05, 4.69) is 5.32 Å². The van der Waals surface area contributed by atoms with Gasteiger partial charge in [-0.1, -0.05) is 12.1 Å². The Balaban J connectivity index is 2.54. The number of urea groups is 1. The summed E-state index contributed by atoms with van der Waals surface area (Å²) >= 11 is 0. The molecular formula is C12H15FN2O3. The number of halogens is 1. The summed E-state index contributed by atoms with van der Waals surface area (Å²) < 4.78 is 12.7. The van der Waals surface area contributed by atoms with Gasteiger partial charge in [0, 0.05) is 13.6 Å². The van der Waals surface area contributed by atoms with Crippen molar-refractivity contribution < 1.29 is 19.1 Å². The first-order valence-electron chi connectivity index (χ1n) is 5.39. The topological polar surface area (TPSA) is 69.6 Å². The van der Waals surface area contributed by atoms with E-state index in [1.807, 2.05) is 0 Å². The van der Waals surface area contributed by atoms with Crippen LogP contribution in [0.4, 0.5) is 9.18 Å². The lowest BCUT2D eigenvalue weighted by Gasteiger charge is -2.19. The number of carboxylic acid groups (broad SMARTS) is 1. The van der Waals surface area contributed by atoms with Crippen LogP contribution < -0.4 is 5.32 Å². The first-order valence-corrected chi connectivity index (χ1v) is 5.39. The Labute approximate surface area is 104 Å². The number of hydrogen-bond acceptors (Lipinski definition) is 2. The average Bonchev–Trinajstić information content (AvgIpc) is 2.31. The van der Waals surface area contributed by atoms with Crippen molar-refractivity contribution in [3.8, 4) is 0 Å². The van der Waals surface area contributed by atoms with E-state index in [-0.39, 0.29) is 12.4 Å². The van der Waals surface area contributed by atoms with E-state index >= 15 is 0 Å². The van der Waals surface area contributed by atoms with Crippen molar-refractivity contribution in [2.45, 2.75) is 19.5 Å². The largest absolute Gasteiger partial charge is 0.480 e. The van der Waals surface area contributed by atoms with Gasteiger partial charge in [-0.15, -0.1) is 0 Å². The van der Waals surface area contributed by atoms with Crippen molar-refractivity contribution in [3.05, 3.63) is 35.6 Å². The molecule has 0 radical (unpaired) electrons. The Morgan fingerprint density at radius 2 is 1.94 bits per heavy atom. The zero-order chi connectivity index (χ0) is 13.7. The Bertz CT molecular complexity index is 433. The molecule has 98 valence electrons. The summed E-state index contributed by atoms with van der Waals surface area (Å²) in [5, 5.41) is 11.0. The molecule has 1 aromatic rings. The third-order valence-electron chi connectivity index (χ3n) is 2.39. The van der Waals surface area contributed by atoms with Gasteiger partial charge in [-0.05, 0) is 24.6 Å². The molecule has 1 rings (SSSR count). The number of benzene rings is 1. The van der Waals surface area contributed by atoms with Gasteiger partial charge in [0.1, 0.15) is 11.9 Å². The van der Waals surface area contributed by atoms with Crippen molar-refractivity contribution in [2.24, 2.45) is 0 Å². The summed E-state index contributed by atoms with van der Waals surface area (Å²) in [5.74, 6) is -1.44. The summed E-state index contributed by atoms with van der Waals surface area (Å²) in [6.07, 6.45) is 0. The van der Waals surface area contributed by atoms with E-state index < -0.39 is 18.0 Å². The fourth-order valence-corrected chi connectivity index (χ4v) is 1.29. The van der Waals surface area contributed by atoms with Crippen molar-refractivity contribution in [1.29, 1.82) is 0 Å². The van der Waals surface area contributed by atoms with E-state index in [9.17, 15) is 14.0 Å². The molecule has 2 N–H and O–H groups in total. The average molecular weight is 254 g/mol. The Morgan fingerprint density at radius 1 is 1.39 bits per heavy atom. The second kappa shape index (κ2) is 6.00. The van der Waals surface area contributed by atoms with Crippen LogP contribution >= 0.6 is 0 Å². The Kier molecular flexibility index (Phi) is 4.65. The molecule has 18 heavy (non-hydrogen) atoms. The molecule has 0 saturated carbocycles. The number of carboxylic acids is 1. The molecular weight excluding hydrogens is 239 g/mol. The summed E-state index contributed by atoms with van der Waals surface area (Å²) in [7, 11) is 1.53. The van der Waals surface area contributed by atoms with Gasteiger partial charge in [-0.25, -0.2) is 9.18 Å². The van der Waals surface area contributed by atoms with Crippen LogP contribution in [-0.2, 0) is 11.3 Å². The van der Waals surface area contributed by atoms with Gasteiger partial charge >= 0.3 is 12.0 Å². The highest BCUT2D eigenvalue weighted by molar-refractivity contribution is 5.82. The van der Waals surface area contributed by atoms with Crippen molar-refractivity contribution in [2.75, 3.05) is 7.05 Å². The molecule has 0 aliphatic carbocycles. The third kappa shape index (κ3) is 4.04. The highest BCUT2D eigenvalue weighted by atomic mass is 19.1. The highest BCUT2D eigenvalue weighted by Crippen LogP contribution is 2.05. The monoisotopic (exact) mass is 254 g/mol. The van der Waals surface area contributed by atoms with Crippen molar-refractivity contribution >= 4 is 12.0 Å². The van der Waals surface area contributed by atoms with Crippen LogP contribution in [0.2, 0.25) is 0 Å². The number of amides is 2.